The highest BCUT2D eigenvalue weighted by molar-refractivity contribution is 6.53. The lowest BCUT2D eigenvalue weighted by Crippen LogP contribution is -2.18. The molecule has 2 radical (unpaired) electrons. The standard InChI is InChI=1S/C19H19NSi/c1-14-16(13-21-17-8-3-2-4-9-17)12-20-18-10-6-5-7-15(18)11-19(14)20/h2-11,14,16H,12-13H2,1H3/t14-,16-/m0/s1. The van der Waals surface area contributed by atoms with E-state index in [4.69, 9.17) is 0 Å². The quantitative estimate of drug-likeness (QED) is 0.646. The number of hydrogen-bond donors (Lipinski definition) is 0. The lowest BCUT2D eigenvalue weighted by molar-refractivity contribution is 0.504. The average Bonchev–Trinajstić information content (AvgIpc) is 3.04. The second-order valence-corrected chi connectivity index (χ2v) is 7.37. The highest BCUT2D eigenvalue weighted by Crippen LogP contribution is 2.39. The summed E-state index contributed by atoms with van der Waals surface area (Å²) in [6.45, 7) is 3.59. The van der Waals surface area contributed by atoms with E-state index in [1.54, 1.807) is 0 Å². The molecule has 3 aromatic rings. The third-order valence-electron chi connectivity index (χ3n) is 4.78. The normalized spacial score (nSPS) is 20.8. The Morgan fingerprint density at radius 3 is 2.67 bits per heavy atom. The lowest BCUT2D eigenvalue weighted by Gasteiger charge is -2.14. The zero-order valence-corrected chi connectivity index (χ0v) is 13.3. The minimum Gasteiger partial charge on any atom is -0.344 e. The molecule has 2 aromatic carbocycles. The van der Waals surface area contributed by atoms with Gasteiger partial charge < -0.3 is 4.57 Å². The Kier molecular flexibility index (Phi) is 3.19. The van der Waals surface area contributed by atoms with Crippen molar-refractivity contribution in [3.05, 3.63) is 66.4 Å². The summed E-state index contributed by atoms with van der Waals surface area (Å²) >= 11 is 0. The smallest absolute Gasteiger partial charge is 0.0811 e. The van der Waals surface area contributed by atoms with Gasteiger partial charge in [-0.2, -0.15) is 0 Å². The van der Waals surface area contributed by atoms with Crippen molar-refractivity contribution < 1.29 is 0 Å². The van der Waals surface area contributed by atoms with Gasteiger partial charge in [0, 0.05) is 23.7 Å². The van der Waals surface area contributed by atoms with Crippen molar-refractivity contribution in [1.29, 1.82) is 0 Å². The van der Waals surface area contributed by atoms with Crippen LogP contribution in [0.1, 0.15) is 18.5 Å². The molecular formula is C19H19NSi. The largest absolute Gasteiger partial charge is 0.344 e. The fraction of sp³-hybridized carbons (Fsp3) is 0.263. The number of nitrogens with zero attached hydrogens (tertiary/aromatic N) is 1. The Morgan fingerprint density at radius 2 is 1.81 bits per heavy atom. The van der Waals surface area contributed by atoms with Crippen LogP contribution in [0.2, 0.25) is 6.04 Å². The van der Waals surface area contributed by atoms with E-state index in [0.717, 1.165) is 15.4 Å². The average molecular weight is 289 g/mol. The molecule has 0 N–H and O–H groups in total. The first kappa shape index (κ1) is 12.9. The number of hydrogen-bond acceptors (Lipinski definition) is 0. The van der Waals surface area contributed by atoms with Crippen LogP contribution in [-0.4, -0.2) is 14.1 Å². The maximum absolute atomic E-state index is 2.54. The molecule has 21 heavy (non-hydrogen) atoms. The third kappa shape index (κ3) is 2.24. The van der Waals surface area contributed by atoms with Gasteiger partial charge in [0.15, 0.2) is 0 Å². The molecule has 4 rings (SSSR count). The van der Waals surface area contributed by atoms with Crippen LogP contribution in [0.5, 0.6) is 0 Å². The van der Waals surface area contributed by atoms with E-state index in [0.29, 0.717) is 5.92 Å². The summed E-state index contributed by atoms with van der Waals surface area (Å²) < 4.78 is 2.54. The maximum Gasteiger partial charge on any atom is 0.0811 e. The topological polar surface area (TPSA) is 4.93 Å². The van der Waals surface area contributed by atoms with Crippen molar-refractivity contribution >= 4 is 25.6 Å². The van der Waals surface area contributed by atoms with Crippen molar-refractivity contribution in [2.45, 2.75) is 25.4 Å². The zero-order chi connectivity index (χ0) is 14.2. The summed E-state index contributed by atoms with van der Waals surface area (Å²) in [5.74, 6) is 1.46. The van der Waals surface area contributed by atoms with Crippen molar-refractivity contribution in [3.8, 4) is 0 Å². The first-order valence-electron chi connectivity index (χ1n) is 7.70. The van der Waals surface area contributed by atoms with E-state index in [1.165, 1.54) is 34.4 Å². The molecule has 0 spiro atoms. The van der Waals surface area contributed by atoms with Gasteiger partial charge in [-0.05, 0) is 23.4 Å². The van der Waals surface area contributed by atoms with Crippen LogP contribution in [0.4, 0.5) is 0 Å². The molecule has 0 saturated heterocycles. The summed E-state index contributed by atoms with van der Waals surface area (Å²) in [5.41, 5.74) is 2.93. The number of benzene rings is 2. The van der Waals surface area contributed by atoms with Gasteiger partial charge >= 0.3 is 0 Å². The SMILES string of the molecule is C[C@@H]1c2cc3ccccc3n2C[C@H]1C[Si]c1ccccc1. The molecule has 0 aliphatic carbocycles. The van der Waals surface area contributed by atoms with Gasteiger partial charge in [-0.25, -0.2) is 0 Å². The Bertz CT molecular complexity index is 760. The van der Waals surface area contributed by atoms with Crippen molar-refractivity contribution in [3.63, 3.8) is 0 Å². The van der Waals surface area contributed by atoms with Crippen LogP contribution >= 0.6 is 0 Å². The molecule has 0 amide bonds. The van der Waals surface area contributed by atoms with Gasteiger partial charge in [-0.3, -0.25) is 0 Å². The lowest BCUT2D eigenvalue weighted by atomic mass is 9.96. The van der Waals surface area contributed by atoms with Crippen molar-refractivity contribution in [2.75, 3.05) is 0 Å². The number of para-hydroxylation sites is 1. The number of fused-ring (bicyclic) bond motifs is 3. The Morgan fingerprint density at radius 1 is 1.05 bits per heavy atom. The Labute approximate surface area is 128 Å². The van der Waals surface area contributed by atoms with Gasteiger partial charge in [0.05, 0.1) is 9.52 Å². The first-order valence-corrected chi connectivity index (χ1v) is 8.91. The third-order valence-corrected chi connectivity index (χ3v) is 6.25. The van der Waals surface area contributed by atoms with E-state index in [-0.39, 0.29) is 0 Å². The minimum atomic E-state index is 0.675. The summed E-state index contributed by atoms with van der Waals surface area (Å²) in [7, 11) is 0.928. The molecule has 2 atom stereocenters. The van der Waals surface area contributed by atoms with Crippen LogP contribution in [0.15, 0.2) is 60.7 Å². The van der Waals surface area contributed by atoms with E-state index in [1.807, 2.05) is 0 Å². The van der Waals surface area contributed by atoms with Crippen LogP contribution in [0.3, 0.4) is 0 Å². The number of aromatic nitrogens is 1. The molecule has 1 aliphatic rings. The van der Waals surface area contributed by atoms with E-state index in [2.05, 4.69) is 72.2 Å². The molecule has 1 aliphatic heterocycles. The van der Waals surface area contributed by atoms with Crippen molar-refractivity contribution in [2.24, 2.45) is 5.92 Å². The number of rotatable bonds is 3. The second kappa shape index (κ2) is 5.19. The molecule has 0 fully saturated rings. The van der Waals surface area contributed by atoms with Gasteiger partial charge in [0.25, 0.3) is 0 Å². The molecule has 1 aromatic heterocycles. The highest BCUT2D eigenvalue weighted by atomic mass is 28.2. The monoisotopic (exact) mass is 289 g/mol. The van der Waals surface area contributed by atoms with Crippen molar-refractivity contribution in [1.82, 2.24) is 4.57 Å². The summed E-state index contributed by atoms with van der Waals surface area (Å²) in [4.78, 5) is 0. The Balaban J connectivity index is 1.54. The van der Waals surface area contributed by atoms with Gasteiger partial charge in [0.1, 0.15) is 0 Å². The molecule has 1 nitrogen and oxygen atoms in total. The van der Waals surface area contributed by atoms with Crippen LogP contribution < -0.4 is 5.19 Å². The van der Waals surface area contributed by atoms with Crippen LogP contribution in [-0.2, 0) is 6.54 Å². The minimum absolute atomic E-state index is 0.675. The molecular weight excluding hydrogens is 270 g/mol. The fourth-order valence-electron chi connectivity index (χ4n) is 3.49. The predicted octanol–water partition coefficient (Wildman–Crippen LogP) is 3.82. The fourth-order valence-corrected chi connectivity index (χ4v) is 4.90. The Hall–Kier alpha value is -1.80. The first-order chi connectivity index (χ1) is 10.3. The van der Waals surface area contributed by atoms with E-state index in [9.17, 15) is 0 Å². The highest BCUT2D eigenvalue weighted by Gasteiger charge is 2.30. The molecule has 0 bridgehead atoms. The van der Waals surface area contributed by atoms with E-state index >= 15 is 0 Å². The molecule has 0 saturated carbocycles. The summed E-state index contributed by atoms with van der Waals surface area (Å²) in [6, 6.07) is 23.4. The van der Waals surface area contributed by atoms with Gasteiger partial charge in [0.2, 0.25) is 0 Å². The second-order valence-electron chi connectivity index (χ2n) is 6.03. The summed E-state index contributed by atoms with van der Waals surface area (Å²) in [5, 5.41) is 2.88. The summed E-state index contributed by atoms with van der Waals surface area (Å²) in [6.07, 6.45) is 0. The van der Waals surface area contributed by atoms with Crippen LogP contribution in [0, 0.1) is 5.92 Å². The van der Waals surface area contributed by atoms with Gasteiger partial charge in [-0.1, -0.05) is 66.7 Å². The zero-order valence-electron chi connectivity index (χ0n) is 12.3. The molecule has 104 valence electrons. The van der Waals surface area contributed by atoms with Gasteiger partial charge in [-0.15, -0.1) is 0 Å². The predicted molar refractivity (Wildman–Crippen MR) is 90.5 cm³/mol. The van der Waals surface area contributed by atoms with E-state index < -0.39 is 0 Å². The molecule has 2 heteroatoms. The molecule has 2 heterocycles. The maximum atomic E-state index is 2.54. The molecule has 0 unspecified atom stereocenters. The van der Waals surface area contributed by atoms with Crippen LogP contribution in [0.25, 0.3) is 10.9 Å².